The van der Waals surface area contributed by atoms with Gasteiger partial charge in [-0.2, -0.15) is 0 Å². The molecule has 1 aromatic rings. The third kappa shape index (κ3) is 16.4. The lowest BCUT2D eigenvalue weighted by molar-refractivity contribution is -0.120. The zero-order valence-corrected chi connectivity index (χ0v) is 15.0. The first-order valence-corrected chi connectivity index (χ1v) is 7.99. The molecular formula is C16H32N6O3. The molecule has 0 aromatic heterocycles. The van der Waals surface area contributed by atoms with Crippen molar-refractivity contribution < 1.29 is 15.1 Å². The lowest BCUT2D eigenvalue weighted by Gasteiger charge is -2.15. The number of nitrogens with two attached hydrogens (primary N) is 2. The number of hydrogen-bond donors (Lipinski definition) is 8. The summed E-state index contributed by atoms with van der Waals surface area (Å²) in [4.78, 5) is 11.2. The van der Waals surface area contributed by atoms with Crippen LogP contribution in [0.3, 0.4) is 0 Å². The normalized spacial score (nSPS) is 10.5. The number of nitrogens with one attached hydrogen (secondary N) is 4. The molecule has 25 heavy (non-hydrogen) atoms. The zero-order chi connectivity index (χ0) is 19.5. The van der Waals surface area contributed by atoms with Crippen LogP contribution >= 0.6 is 0 Å². The highest BCUT2D eigenvalue weighted by atomic mass is 16.5. The van der Waals surface area contributed by atoms with Crippen molar-refractivity contribution in [3.63, 3.8) is 0 Å². The minimum Gasteiger partial charge on any atom is -0.508 e. The topological polar surface area (TPSA) is 170 Å². The van der Waals surface area contributed by atoms with Gasteiger partial charge in [0.1, 0.15) is 5.75 Å². The molecule has 0 saturated heterocycles. The number of benzene rings is 1. The molecule has 0 aliphatic rings. The summed E-state index contributed by atoms with van der Waals surface area (Å²) in [7, 11) is 1.96. The van der Waals surface area contributed by atoms with Crippen molar-refractivity contribution in [2.75, 3.05) is 26.7 Å². The Morgan fingerprint density at radius 3 is 2.20 bits per heavy atom. The van der Waals surface area contributed by atoms with E-state index in [9.17, 15) is 4.79 Å². The molecule has 9 nitrogen and oxygen atoms in total. The Morgan fingerprint density at radius 1 is 1.28 bits per heavy atom. The first kappa shape index (κ1) is 25.0. The molecular weight excluding hydrogens is 324 g/mol. The molecule has 0 aliphatic heterocycles. The van der Waals surface area contributed by atoms with Crippen LogP contribution in [0, 0.1) is 5.41 Å². The molecule has 0 spiro atoms. The van der Waals surface area contributed by atoms with Crippen LogP contribution < -0.4 is 27.6 Å². The maximum atomic E-state index is 11.2. The van der Waals surface area contributed by atoms with Gasteiger partial charge in [-0.05, 0) is 44.1 Å². The fraction of sp³-hybridized carbons (Fsp3) is 0.500. The van der Waals surface area contributed by atoms with Gasteiger partial charge in [0.15, 0.2) is 0 Å². The van der Waals surface area contributed by atoms with E-state index in [-0.39, 0.29) is 5.75 Å². The molecule has 1 unspecified atom stereocenters. The fourth-order valence-electron chi connectivity index (χ4n) is 1.69. The van der Waals surface area contributed by atoms with E-state index in [0.29, 0.717) is 19.5 Å². The molecule has 1 aromatic carbocycles. The Balaban J connectivity index is 0. The highest BCUT2D eigenvalue weighted by molar-refractivity contribution is 5.80. The average molecular weight is 356 g/mol. The number of hydrogen-bond acceptors (Lipinski definition) is 7. The van der Waals surface area contributed by atoms with Crippen LogP contribution in [0.25, 0.3) is 0 Å². The quantitative estimate of drug-likeness (QED) is 0.128. The van der Waals surface area contributed by atoms with Gasteiger partial charge in [-0.15, -0.1) is 0 Å². The second-order valence-corrected chi connectivity index (χ2v) is 4.96. The van der Waals surface area contributed by atoms with E-state index in [4.69, 9.17) is 21.5 Å². The Labute approximate surface area is 149 Å². The zero-order valence-electron chi connectivity index (χ0n) is 15.0. The van der Waals surface area contributed by atoms with Gasteiger partial charge >= 0.3 is 0 Å². The lowest BCUT2D eigenvalue weighted by atomic mass is 10.1. The van der Waals surface area contributed by atoms with Crippen LogP contribution in [0.1, 0.15) is 18.9 Å². The van der Waals surface area contributed by atoms with E-state index < -0.39 is 11.9 Å². The van der Waals surface area contributed by atoms with E-state index in [1.165, 1.54) is 6.42 Å². The van der Waals surface area contributed by atoms with Crippen LogP contribution in [0.4, 0.5) is 0 Å². The number of carbonyl (C=O) groups excluding carboxylic acids is 1. The number of primary amides is 1. The van der Waals surface area contributed by atoms with Crippen molar-refractivity contribution >= 4 is 12.2 Å². The largest absolute Gasteiger partial charge is 0.508 e. The van der Waals surface area contributed by atoms with Crippen LogP contribution in [0.2, 0.25) is 0 Å². The predicted molar refractivity (Wildman–Crippen MR) is 99.8 cm³/mol. The van der Waals surface area contributed by atoms with Gasteiger partial charge in [0.25, 0.3) is 0 Å². The van der Waals surface area contributed by atoms with Gasteiger partial charge < -0.3 is 32.4 Å². The summed E-state index contributed by atoms with van der Waals surface area (Å²) < 4.78 is 0. The van der Waals surface area contributed by atoms with Crippen molar-refractivity contribution in [1.82, 2.24) is 16.1 Å². The van der Waals surface area contributed by atoms with E-state index >= 15 is 0 Å². The van der Waals surface area contributed by atoms with Crippen LogP contribution in [0.15, 0.2) is 24.3 Å². The van der Waals surface area contributed by atoms with E-state index in [0.717, 1.165) is 18.4 Å². The van der Waals surface area contributed by atoms with Gasteiger partial charge in [-0.25, -0.2) is 5.48 Å². The second-order valence-electron chi connectivity index (χ2n) is 4.96. The molecule has 144 valence electrons. The van der Waals surface area contributed by atoms with E-state index in [1.807, 2.05) is 12.5 Å². The lowest BCUT2D eigenvalue weighted by Crippen LogP contribution is -2.45. The Morgan fingerprint density at radius 2 is 1.84 bits per heavy atom. The monoisotopic (exact) mass is 356 g/mol. The summed E-state index contributed by atoms with van der Waals surface area (Å²) in [5, 5.41) is 29.3. The average Bonchev–Trinajstić information content (AvgIpc) is 2.58. The van der Waals surface area contributed by atoms with Crippen molar-refractivity contribution in [2.45, 2.75) is 25.8 Å². The number of amides is 1. The maximum absolute atomic E-state index is 11.2. The number of aromatic hydroxyl groups is 1. The molecule has 0 saturated carbocycles. The highest BCUT2D eigenvalue weighted by Gasteiger charge is 2.14. The molecule has 10 N–H and O–H groups in total. The van der Waals surface area contributed by atoms with Crippen molar-refractivity contribution in [3.8, 4) is 5.75 Å². The molecule has 0 radical (unpaired) electrons. The number of phenolic OH excluding ortho intramolecular Hbond substituents is 1. The van der Waals surface area contributed by atoms with Gasteiger partial charge in [-0.1, -0.05) is 19.1 Å². The van der Waals surface area contributed by atoms with Crippen LogP contribution in [0.5, 0.6) is 5.75 Å². The third-order valence-corrected chi connectivity index (χ3v) is 2.85. The Hall–Kier alpha value is -2.20. The number of phenols is 1. The first-order chi connectivity index (χ1) is 12.0. The highest BCUT2D eigenvalue weighted by Crippen LogP contribution is 2.11. The summed E-state index contributed by atoms with van der Waals surface area (Å²) in [6, 6.07) is 6.09. The fourth-order valence-corrected chi connectivity index (χ4v) is 1.69. The van der Waals surface area contributed by atoms with Crippen molar-refractivity contribution in [2.24, 2.45) is 11.5 Å². The van der Waals surface area contributed by atoms with E-state index in [2.05, 4.69) is 23.3 Å². The summed E-state index contributed by atoms with van der Waals surface area (Å²) in [6.07, 6.45) is 2.43. The summed E-state index contributed by atoms with van der Waals surface area (Å²) in [5.41, 5.74) is 12.5. The number of rotatable bonds is 9. The standard InChI is InChI=1S/C11H17N3O3.C4H11N.CH4N2/c12-11(16)10(13-5-6-14-17)7-8-1-3-9(15)4-2-8;1-3-4-5-2;2-1-3/h1-4,10,13-15,17H,5-7H2,(H2,12,16);5H,3-4H2,1-2H3;1H,(H3,2,3). The summed E-state index contributed by atoms with van der Waals surface area (Å²) >= 11 is 0. The van der Waals surface area contributed by atoms with E-state index in [1.54, 1.807) is 24.3 Å². The maximum Gasteiger partial charge on any atom is 0.234 e. The molecule has 9 heteroatoms. The van der Waals surface area contributed by atoms with Gasteiger partial charge in [0.2, 0.25) is 5.91 Å². The van der Waals surface area contributed by atoms with Crippen molar-refractivity contribution in [1.29, 1.82) is 5.41 Å². The number of carbonyl (C=O) groups is 1. The second kappa shape index (κ2) is 18.1. The molecule has 0 aliphatic carbocycles. The number of hydroxylamine groups is 1. The third-order valence-electron chi connectivity index (χ3n) is 2.85. The molecule has 1 rings (SSSR count). The Kier molecular flexibility index (Phi) is 18.2. The molecule has 0 bridgehead atoms. The first-order valence-electron chi connectivity index (χ1n) is 7.99. The molecule has 0 heterocycles. The summed E-state index contributed by atoms with van der Waals surface area (Å²) in [5.74, 6) is -0.266. The van der Waals surface area contributed by atoms with Crippen molar-refractivity contribution in [3.05, 3.63) is 29.8 Å². The molecule has 1 atom stereocenters. The van der Waals surface area contributed by atoms with Crippen LogP contribution in [-0.4, -0.2) is 55.3 Å². The van der Waals surface area contributed by atoms with Gasteiger partial charge in [0, 0.05) is 13.1 Å². The van der Waals surface area contributed by atoms with Gasteiger partial charge in [0.05, 0.1) is 12.4 Å². The van der Waals surface area contributed by atoms with Crippen LogP contribution in [-0.2, 0) is 11.2 Å². The smallest absolute Gasteiger partial charge is 0.234 e. The SMILES string of the molecule is CCCNC.N=CN.NC(=O)C(Cc1ccc(O)cc1)NCCNO. The van der Waals surface area contributed by atoms with Gasteiger partial charge in [-0.3, -0.25) is 10.2 Å². The molecule has 0 fully saturated rings. The minimum atomic E-state index is -0.493. The minimum absolute atomic E-state index is 0.182. The Bertz CT molecular complexity index is 440. The predicted octanol–water partition coefficient (Wildman–Crippen LogP) is -0.475. The summed E-state index contributed by atoms with van der Waals surface area (Å²) in [6.45, 7) is 4.05. The molecule has 1 amide bonds.